The number of hydrogen-bond donors (Lipinski definition) is 0. The Bertz CT molecular complexity index is 413. The van der Waals surface area contributed by atoms with Gasteiger partial charge in [0.1, 0.15) is 0 Å². The summed E-state index contributed by atoms with van der Waals surface area (Å²) in [6, 6.07) is 5.12. The number of carbonyl (C=O) groups excluding carboxylic acids is 1. The highest BCUT2D eigenvalue weighted by Crippen LogP contribution is 2.22. The van der Waals surface area contributed by atoms with Crippen molar-refractivity contribution in [2.24, 2.45) is 5.16 Å². The molecule has 6 heteroatoms. The second-order valence-electron chi connectivity index (χ2n) is 3.43. The van der Waals surface area contributed by atoms with Crippen molar-refractivity contribution < 1.29 is 9.63 Å². The predicted octanol–water partition coefficient (Wildman–Crippen LogP) is 2.43. The number of rotatable bonds is 4. The Labute approximate surface area is 110 Å². The largest absolute Gasteiger partial charge is 0.386 e. The Morgan fingerprint density at radius 3 is 2.53 bits per heavy atom. The van der Waals surface area contributed by atoms with Gasteiger partial charge in [-0.05, 0) is 12.1 Å². The number of carbonyl (C=O) groups is 1. The molecule has 4 nitrogen and oxygen atoms in total. The van der Waals surface area contributed by atoms with Crippen LogP contribution >= 0.6 is 23.2 Å². The lowest BCUT2D eigenvalue weighted by atomic mass is 10.2. The summed E-state index contributed by atoms with van der Waals surface area (Å²) in [5, 5.41) is 4.60. The van der Waals surface area contributed by atoms with Gasteiger partial charge in [-0.3, -0.25) is 4.79 Å². The zero-order valence-corrected chi connectivity index (χ0v) is 11.0. The summed E-state index contributed by atoms with van der Waals surface area (Å²) in [5.41, 5.74) is 0.563. The zero-order valence-electron chi connectivity index (χ0n) is 9.48. The van der Waals surface area contributed by atoms with Gasteiger partial charge in [-0.1, -0.05) is 34.4 Å². The SMILES string of the molecule is CN(C)C(=O)CON=Cc1c(Cl)cccc1Cl. The first kappa shape index (κ1) is 13.8. The molecule has 0 atom stereocenters. The number of oxime groups is 1. The van der Waals surface area contributed by atoms with Crippen LogP contribution in [-0.2, 0) is 9.63 Å². The molecule has 0 aliphatic heterocycles. The van der Waals surface area contributed by atoms with E-state index in [-0.39, 0.29) is 12.5 Å². The van der Waals surface area contributed by atoms with Crippen LogP contribution in [0.5, 0.6) is 0 Å². The third kappa shape index (κ3) is 4.24. The smallest absolute Gasteiger partial charge is 0.262 e. The maximum Gasteiger partial charge on any atom is 0.262 e. The fourth-order valence-electron chi connectivity index (χ4n) is 0.946. The van der Waals surface area contributed by atoms with Crippen molar-refractivity contribution in [3.8, 4) is 0 Å². The van der Waals surface area contributed by atoms with E-state index in [2.05, 4.69) is 5.16 Å². The highest BCUT2D eigenvalue weighted by Gasteiger charge is 2.04. The van der Waals surface area contributed by atoms with Crippen molar-refractivity contribution in [2.75, 3.05) is 20.7 Å². The van der Waals surface area contributed by atoms with E-state index in [0.29, 0.717) is 15.6 Å². The first-order valence-electron chi connectivity index (χ1n) is 4.82. The van der Waals surface area contributed by atoms with Crippen molar-refractivity contribution in [2.45, 2.75) is 0 Å². The lowest BCUT2D eigenvalue weighted by molar-refractivity contribution is -0.133. The monoisotopic (exact) mass is 274 g/mol. The number of hydrogen-bond acceptors (Lipinski definition) is 3. The summed E-state index contributed by atoms with van der Waals surface area (Å²) in [4.78, 5) is 17.4. The van der Waals surface area contributed by atoms with Gasteiger partial charge in [-0.2, -0.15) is 0 Å². The van der Waals surface area contributed by atoms with Gasteiger partial charge in [-0.15, -0.1) is 0 Å². The molecule has 0 N–H and O–H groups in total. The van der Waals surface area contributed by atoms with E-state index in [4.69, 9.17) is 28.0 Å². The molecule has 1 aromatic carbocycles. The molecule has 0 bridgehead atoms. The predicted molar refractivity (Wildman–Crippen MR) is 68.7 cm³/mol. The molecule has 0 aliphatic carbocycles. The highest BCUT2D eigenvalue weighted by atomic mass is 35.5. The fourth-order valence-corrected chi connectivity index (χ4v) is 1.44. The molecule has 1 aromatic rings. The summed E-state index contributed by atoms with van der Waals surface area (Å²) in [6.07, 6.45) is 1.38. The summed E-state index contributed by atoms with van der Waals surface area (Å²) in [5.74, 6) is -0.174. The number of benzene rings is 1. The fraction of sp³-hybridized carbons (Fsp3) is 0.273. The number of amides is 1. The molecule has 92 valence electrons. The summed E-state index contributed by atoms with van der Waals surface area (Å²) < 4.78 is 0. The van der Waals surface area contributed by atoms with Gasteiger partial charge in [0, 0.05) is 19.7 Å². The van der Waals surface area contributed by atoms with E-state index in [9.17, 15) is 4.79 Å². The molecule has 0 heterocycles. The van der Waals surface area contributed by atoms with E-state index < -0.39 is 0 Å². The molecular formula is C11H12Cl2N2O2. The normalized spacial score (nSPS) is 10.6. The third-order valence-corrected chi connectivity index (χ3v) is 2.60. The minimum Gasteiger partial charge on any atom is -0.386 e. The average molecular weight is 275 g/mol. The lowest BCUT2D eigenvalue weighted by Crippen LogP contribution is -2.25. The topological polar surface area (TPSA) is 41.9 Å². The standard InChI is InChI=1S/C11H12Cl2N2O2/c1-15(2)11(16)7-17-14-6-8-9(12)4-3-5-10(8)13/h3-6H,7H2,1-2H3. The molecule has 1 amide bonds. The molecule has 0 fully saturated rings. The molecule has 0 saturated carbocycles. The van der Waals surface area contributed by atoms with Gasteiger partial charge in [0.05, 0.1) is 16.3 Å². The molecule has 1 rings (SSSR count). The van der Waals surface area contributed by atoms with Crippen molar-refractivity contribution >= 4 is 35.3 Å². The summed E-state index contributed by atoms with van der Waals surface area (Å²) >= 11 is 11.8. The van der Waals surface area contributed by atoms with E-state index in [0.717, 1.165) is 0 Å². The number of likely N-dealkylation sites (N-methyl/N-ethyl adjacent to an activating group) is 1. The molecule has 0 aliphatic rings. The van der Waals surface area contributed by atoms with Crippen LogP contribution < -0.4 is 0 Å². The second-order valence-corrected chi connectivity index (χ2v) is 4.25. The first-order chi connectivity index (χ1) is 8.02. The highest BCUT2D eigenvalue weighted by molar-refractivity contribution is 6.38. The molecule has 0 saturated heterocycles. The van der Waals surface area contributed by atoms with E-state index in [1.165, 1.54) is 11.1 Å². The van der Waals surface area contributed by atoms with E-state index in [1.807, 2.05) is 0 Å². The minimum atomic E-state index is -0.174. The van der Waals surface area contributed by atoms with Crippen LogP contribution in [0.15, 0.2) is 23.4 Å². The Kier molecular flexibility index (Phi) is 5.25. The van der Waals surface area contributed by atoms with Crippen LogP contribution in [0, 0.1) is 0 Å². The van der Waals surface area contributed by atoms with Gasteiger partial charge >= 0.3 is 0 Å². The van der Waals surface area contributed by atoms with Gasteiger partial charge in [0.15, 0.2) is 6.61 Å². The van der Waals surface area contributed by atoms with Crippen molar-refractivity contribution in [3.05, 3.63) is 33.8 Å². The minimum absolute atomic E-state index is 0.119. The van der Waals surface area contributed by atoms with Crippen LogP contribution in [0.1, 0.15) is 5.56 Å². The Hall–Kier alpha value is -1.26. The van der Waals surface area contributed by atoms with Crippen LogP contribution in [0.4, 0.5) is 0 Å². The van der Waals surface area contributed by atoms with Crippen LogP contribution in [0.2, 0.25) is 10.0 Å². The zero-order chi connectivity index (χ0) is 12.8. The quantitative estimate of drug-likeness (QED) is 0.625. The van der Waals surface area contributed by atoms with Crippen molar-refractivity contribution in [3.63, 3.8) is 0 Å². The Morgan fingerprint density at radius 2 is 2.00 bits per heavy atom. The van der Waals surface area contributed by atoms with Crippen molar-refractivity contribution in [1.82, 2.24) is 4.90 Å². The van der Waals surface area contributed by atoms with Crippen LogP contribution in [0.25, 0.3) is 0 Å². The summed E-state index contributed by atoms with van der Waals surface area (Å²) in [6.45, 7) is -0.119. The Morgan fingerprint density at radius 1 is 1.41 bits per heavy atom. The number of nitrogens with zero attached hydrogens (tertiary/aromatic N) is 2. The molecule has 0 spiro atoms. The molecule has 0 unspecified atom stereocenters. The van der Waals surface area contributed by atoms with Gasteiger partial charge in [0.25, 0.3) is 5.91 Å². The molecule has 0 radical (unpaired) electrons. The maximum atomic E-state index is 11.2. The average Bonchev–Trinajstić information content (AvgIpc) is 2.27. The summed E-state index contributed by atoms with van der Waals surface area (Å²) in [7, 11) is 3.28. The third-order valence-electron chi connectivity index (χ3n) is 1.94. The Balaban J connectivity index is 2.57. The molecule has 0 aromatic heterocycles. The lowest BCUT2D eigenvalue weighted by Gasteiger charge is -2.08. The van der Waals surface area contributed by atoms with Gasteiger partial charge in [-0.25, -0.2) is 0 Å². The molecular weight excluding hydrogens is 263 g/mol. The number of halogens is 2. The second kappa shape index (κ2) is 6.47. The van der Waals surface area contributed by atoms with Gasteiger partial charge < -0.3 is 9.74 Å². The van der Waals surface area contributed by atoms with E-state index in [1.54, 1.807) is 32.3 Å². The van der Waals surface area contributed by atoms with Crippen LogP contribution in [0.3, 0.4) is 0 Å². The van der Waals surface area contributed by atoms with Crippen molar-refractivity contribution in [1.29, 1.82) is 0 Å². The maximum absolute atomic E-state index is 11.2. The first-order valence-corrected chi connectivity index (χ1v) is 5.57. The molecule has 17 heavy (non-hydrogen) atoms. The van der Waals surface area contributed by atoms with Gasteiger partial charge in [0.2, 0.25) is 0 Å². The van der Waals surface area contributed by atoms with E-state index >= 15 is 0 Å². The van der Waals surface area contributed by atoms with Crippen LogP contribution in [-0.4, -0.2) is 37.7 Å².